The number of rotatable bonds is 3. The molecular formula is C19H23FN4O2. The van der Waals surface area contributed by atoms with E-state index in [-0.39, 0.29) is 23.7 Å². The number of likely N-dealkylation sites (tertiary alicyclic amines) is 2. The Morgan fingerprint density at radius 3 is 2.96 bits per heavy atom. The third kappa shape index (κ3) is 2.96. The van der Waals surface area contributed by atoms with E-state index in [9.17, 15) is 14.0 Å². The molecule has 2 aliphatic heterocycles. The van der Waals surface area contributed by atoms with E-state index in [0.29, 0.717) is 49.6 Å². The van der Waals surface area contributed by atoms with E-state index in [1.54, 1.807) is 12.1 Å². The molecule has 26 heavy (non-hydrogen) atoms. The zero-order valence-electron chi connectivity index (χ0n) is 14.6. The summed E-state index contributed by atoms with van der Waals surface area (Å²) in [6.45, 7) is 2.30. The van der Waals surface area contributed by atoms with Gasteiger partial charge in [-0.05, 0) is 43.0 Å². The topological polar surface area (TPSA) is 82.4 Å². The van der Waals surface area contributed by atoms with Crippen LogP contribution in [0.3, 0.4) is 0 Å². The predicted molar refractivity (Wildman–Crippen MR) is 96.1 cm³/mol. The molecule has 0 spiro atoms. The molecule has 0 radical (unpaired) electrons. The number of hydrogen-bond donors (Lipinski definition) is 2. The van der Waals surface area contributed by atoms with Gasteiger partial charge in [0.25, 0.3) is 5.91 Å². The average molecular weight is 358 g/mol. The summed E-state index contributed by atoms with van der Waals surface area (Å²) < 4.78 is 13.4. The number of halogens is 1. The Morgan fingerprint density at radius 1 is 1.31 bits per heavy atom. The quantitative estimate of drug-likeness (QED) is 0.876. The fourth-order valence-electron chi connectivity index (χ4n) is 4.35. The van der Waals surface area contributed by atoms with Crippen molar-refractivity contribution in [2.24, 2.45) is 11.7 Å². The van der Waals surface area contributed by atoms with Gasteiger partial charge in [-0.3, -0.25) is 9.59 Å². The number of amides is 2. The number of hydrogen-bond acceptors (Lipinski definition) is 3. The monoisotopic (exact) mass is 358 g/mol. The van der Waals surface area contributed by atoms with Gasteiger partial charge in [0, 0.05) is 49.5 Å². The van der Waals surface area contributed by atoms with Crippen LogP contribution in [0.1, 0.15) is 29.8 Å². The fourth-order valence-corrected chi connectivity index (χ4v) is 4.35. The molecule has 4 rings (SSSR count). The van der Waals surface area contributed by atoms with Gasteiger partial charge < -0.3 is 20.5 Å². The Bertz CT molecular complexity index is 849. The van der Waals surface area contributed by atoms with Gasteiger partial charge in [-0.25, -0.2) is 4.39 Å². The minimum absolute atomic E-state index is 0.0673. The van der Waals surface area contributed by atoms with Crippen LogP contribution in [0.2, 0.25) is 0 Å². The van der Waals surface area contributed by atoms with Gasteiger partial charge in [-0.15, -0.1) is 0 Å². The zero-order valence-corrected chi connectivity index (χ0v) is 14.6. The Morgan fingerprint density at radius 2 is 2.15 bits per heavy atom. The molecule has 0 saturated carbocycles. The molecule has 1 aromatic heterocycles. The second kappa shape index (κ2) is 6.72. The maximum Gasteiger partial charge on any atom is 0.270 e. The number of carbonyl (C=O) groups is 2. The van der Waals surface area contributed by atoms with Crippen LogP contribution >= 0.6 is 0 Å². The number of aromatic amines is 1. The molecular weight excluding hydrogens is 335 g/mol. The highest BCUT2D eigenvalue weighted by Gasteiger charge is 2.40. The van der Waals surface area contributed by atoms with Gasteiger partial charge in [-0.2, -0.15) is 0 Å². The van der Waals surface area contributed by atoms with Crippen molar-refractivity contribution in [1.29, 1.82) is 0 Å². The van der Waals surface area contributed by atoms with Crippen LogP contribution in [0.25, 0.3) is 10.9 Å². The number of benzene rings is 1. The number of fused-ring (bicyclic) bond motifs is 2. The highest BCUT2D eigenvalue weighted by atomic mass is 19.1. The predicted octanol–water partition coefficient (Wildman–Crippen LogP) is 1.72. The van der Waals surface area contributed by atoms with Crippen LogP contribution in [0.5, 0.6) is 0 Å². The molecule has 2 aromatic rings. The maximum atomic E-state index is 13.4. The van der Waals surface area contributed by atoms with E-state index in [1.807, 2.05) is 9.80 Å². The summed E-state index contributed by atoms with van der Waals surface area (Å²) in [5.41, 5.74) is 6.89. The summed E-state index contributed by atoms with van der Waals surface area (Å²) in [5.74, 6) is 0.0819. The molecule has 0 bridgehead atoms. The zero-order chi connectivity index (χ0) is 18.3. The van der Waals surface area contributed by atoms with Gasteiger partial charge >= 0.3 is 0 Å². The van der Waals surface area contributed by atoms with Crippen molar-refractivity contribution in [1.82, 2.24) is 14.8 Å². The lowest BCUT2D eigenvalue weighted by molar-refractivity contribution is -0.140. The second-order valence-corrected chi connectivity index (χ2v) is 7.20. The van der Waals surface area contributed by atoms with Crippen LogP contribution in [0.15, 0.2) is 24.3 Å². The molecule has 3 heterocycles. The second-order valence-electron chi connectivity index (χ2n) is 7.20. The number of nitrogens with one attached hydrogen (secondary N) is 1. The van der Waals surface area contributed by atoms with Gasteiger partial charge in [-0.1, -0.05) is 0 Å². The van der Waals surface area contributed by atoms with E-state index in [2.05, 4.69) is 4.98 Å². The molecule has 138 valence electrons. The van der Waals surface area contributed by atoms with E-state index in [1.165, 1.54) is 12.1 Å². The van der Waals surface area contributed by atoms with E-state index in [4.69, 9.17) is 5.73 Å². The van der Waals surface area contributed by atoms with Gasteiger partial charge in [0.2, 0.25) is 5.91 Å². The number of nitrogens with two attached hydrogens (primary N) is 1. The van der Waals surface area contributed by atoms with Gasteiger partial charge in [0.1, 0.15) is 11.5 Å². The van der Waals surface area contributed by atoms with Crippen LogP contribution in [0.4, 0.5) is 4.39 Å². The van der Waals surface area contributed by atoms with Crippen LogP contribution < -0.4 is 5.73 Å². The number of carbonyl (C=O) groups excluding carboxylic acids is 2. The van der Waals surface area contributed by atoms with Gasteiger partial charge in [0.05, 0.1) is 0 Å². The summed E-state index contributed by atoms with van der Waals surface area (Å²) in [4.78, 5) is 31.9. The molecule has 3 N–H and O–H groups in total. The normalized spacial score (nSPS) is 23.4. The maximum absolute atomic E-state index is 13.4. The van der Waals surface area contributed by atoms with Crippen LogP contribution in [-0.4, -0.2) is 58.8 Å². The van der Waals surface area contributed by atoms with E-state index < -0.39 is 0 Å². The smallest absolute Gasteiger partial charge is 0.270 e. The summed E-state index contributed by atoms with van der Waals surface area (Å²) >= 11 is 0. The molecule has 6 nitrogen and oxygen atoms in total. The standard InChI is InChI=1S/C19H23FN4O2/c20-14-2-3-15-13(9-14)10-16(22-15)19(26)23-7-5-17-12(11-23)1-4-18(25)24(17)8-6-21/h2-3,9-10,12,17,22H,1,4-8,11,21H2. The minimum Gasteiger partial charge on any atom is -0.351 e. The first-order valence-corrected chi connectivity index (χ1v) is 9.14. The molecule has 2 fully saturated rings. The van der Waals surface area contributed by atoms with Crippen molar-refractivity contribution in [2.75, 3.05) is 26.2 Å². The van der Waals surface area contributed by atoms with Crippen molar-refractivity contribution in [3.63, 3.8) is 0 Å². The first-order valence-electron chi connectivity index (χ1n) is 9.14. The largest absolute Gasteiger partial charge is 0.351 e. The summed E-state index contributed by atoms with van der Waals surface area (Å²) in [6.07, 6.45) is 2.11. The van der Waals surface area contributed by atoms with E-state index >= 15 is 0 Å². The number of piperidine rings is 2. The van der Waals surface area contributed by atoms with Crippen molar-refractivity contribution in [3.8, 4) is 0 Å². The number of aromatic nitrogens is 1. The van der Waals surface area contributed by atoms with Crippen LogP contribution in [-0.2, 0) is 4.79 Å². The lowest BCUT2D eigenvalue weighted by Gasteiger charge is -2.47. The Hall–Kier alpha value is -2.41. The highest BCUT2D eigenvalue weighted by Crippen LogP contribution is 2.31. The molecule has 0 aliphatic carbocycles. The Labute approximate surface area is 151 Å². The Kier molecular flexibility index (Phi) is 4.40. The number of nitrogens with zero attached hydrogens (tertiary/aromatic N) is 2. The van der Waals surface area contributed by atoms with Crippen LogP contribution in [0, 0.1) is 11.7 Å². The molecule has 2 amide bonds. The third-order valence-electron chi connectivity index (χ3n) is 5.61. The summed E-state index contributed by atoms with van der Waals surface area (Å²) in [7, 11) is 0. The van der Waals surface area contributed by atoms with Crippen molar-refractivity contribution in [2.45, 2.75) is 25.3 Å². The molecule has 7 heteroatoms. The lowest BCUT2D eigenvalue weighted by Crippen LogP contribution is -2.57. The molecule has 2 atom stereocenters. The van der Waals surface area contributed by atoms with Crippen molar-refractivity contribution < 1.29 is 14.0 Å². The third-order valence-corrected chi connectivity index (χ3v) is 5.61. The first-order chi connectivity index (χ1) is 12.6. The number of H-pyrrole nitrogens is 1. The molecule has 1 aromatic carbocycles. The van der Waals surface area contributed by atoms with Gasteiger partial charge in [0.15, 0.2) is 0 Å². The van der Waals surface area contributed by atoms with Crippen molar-refractivity contribution >= 4 is 22.7 Å². The highest BCUT2D eigenvalue weighted by molar-refractivity contribution is 5.98. The van der Waals surface area contributed by atoms with Crippen molar-refractivity contribution in [3.05, 3.63) is 35.8 Å². The SMILES string of the molecule is NCCN1C(=O)CCC2CN(C(=O)c3cc4cc(F)ccc4[nH]3)CCC21. The molecule has 2 saturated heterocycles. The summed E-state index contributed by atoms with van der Waals surface area (Å²) in [5, 5.41) is 0.695. The fraction of sp³-hybridized carbons (Fsp3) is 0.474. The summed E-state index contributed by atoms with van der Waals surface area (Å²) in [6, 6.07) is 6.33. The molecule has 2 aliphatic rings. The first kappa shape index (κ1) is 17.0. The lowest BCUT2D eigenvalue weighted by atomic mass is 9.83. The molecule has 2 unspecified atom stereocenters. The van der Waals surface area contributed by atoms with E-state index in [0.717, 1.165) is 18.4 Å². The Balaban J connectivity index is 1.50. The average Bonchev–Trinajstić information content (AvgIpc) is 3.06. The minimum atomic E-state index is -0.316.